The van der Waals surface area contributed by atoms with E-state index < -0.39 is 0 Å². The summed E-state index contributed by atoms with van der Waals surface area (Å²) in [6.45, 7) is 10.3. The molecule has 3 aliphatic rings. The number of amides is 2. The van der Waals surface area contributed by atoms with Crippen molar-refractivity contribution in [2.45, 2.75) is 38.7 Å². The van der Waals surface area contributed by atoms with E-state index in [0.29, 0.717) is 17.9 Å². The van der Waals surface area contributed by atoms with E-state index in [1.807, 2.05) is 4.90 Å². The minimum atomic E-state index is 0.106. The van der Waals surface area contributed by atoms with Gasteiger partial charge in [0.05, 0.1) is 19.3 Å². The molecule has 2 amide bonds. The molecular formula is C18H33N3O3. The van der Waals surface area contributed by atoms with E-state index in [2.05, 4.69) is 17.1 Å². The second-order valence-electron chi connectivity index (χ2n) is 7.58. The molecule has 138 valence electrons. The van der Waals surface area contributed by atoms with Gasteiger partial charge in [0.15, 0.2) is 0 Å². The number of nitrogens with one attached hydrogen (secondary N) is 1. The van der Waals surface area contributed by atoms with Gasteiger partial charge in [-0.3, -0.25) is 4.90 Å². The number of hydrogen-bond donors (Lipinski definition) is 1. The Morgan fingerprint density at radius 2 is 1.88 bits per heavy atom. The zero-order valence-electron chi connectivity index (χ0n) is 15.0. The number of hydrogen-bond acceptors (Lipinski definition) is 4. The summed E-state index contributed by atoms with van der Waals surface area (Å²) in [6.07, 6.45) is 5.02. The van der Waals surface area contributed by atoms with Crippen LogP contribution in [0.3, 0.4) is 0 Å². The molecule has 2 atom stereocenters. The Morgan fingerprint density at radius 1 is 1.12 bits per heavy atom. The van der Waals surface area contributed by atoms with Crippen molar-refractivity contribution in [2.75, 3.05) is 59.1 Å². The third kappa shape index (κ3) is 5.07. The first-order chi connectivity index (χ1) is 11.7. The minimum absolute atomic E-state index is 0.106. The molecule has 0 aromatic carbocycles. The van der Waals surface area contributed by atoms with Crippen molar-refractivity contribution in [3.8, 4) is 0 Å². The average molecular weight is 339 g/mol. The Balaban J connectivity index is 1.32. The molecule has 0 unspecified atom stereocenters. The molecule has 0 bridgehead atoms. The lowest BCUT2D eigenvalue weighted by molar-refractivity contribution is 0.0313. The molecule has 3 saturated heterocycles. The molecule has 1 N–H and O–H groups in total. The molecule has 6 nitrogen and oxygen atoms in total. The zero-order valence-corrected chi connectivity index (χ0v) is 15.0. The normalized spacial score (nSPS) is 28.0. The number of likely N-dealkylation sites (tertiary alicyclic amines) is 1. The highest BCUT2D eigenvalue weighted by Crippen LogP contribution is 2.28. The van der Waals surface area contributed by atoms with Gasteiger partial charge in [-0.15, -0.1) is 0 Å². The predicted molar refractivity (Wildman–Crippen MR) is 93.1 cm³/mol. The van der Waals surface area contributed by atoms with Gasteiger partial charge >= 0.3 is 6.03 Å². The quantitative estimate of drug-likeness (QED) is 0.826. The van der Waals surface area contributed by atoms with Crippen LogP contribution in [0.5, 0.6) is 0 Å². The molecule has 3 fully saturated rings. The van der Waals surface area contributed by atoms with Crippen LogP contribution in [-0.4, -0.2) is 81.0 Å². The van der Waals surface area contributed by atoms with Crippen LogP contribution in [0.4, 0.5) is 4.79 Å². The molecule has 3 aliphatic heterocycles. The average Bonchev–Trinajstić information content (AvgIpc) is 3.15. The topological polar surface area (TPSA) is 54.0 Å². The molecule has 0 radical (unpaired) electrons. The highest BCUT2D eigenvalue weighted by atomic mass is 16.5. The Hall–Kier alpha value is -0.850. The summed E-state index contributed by atoms with van der Waals surface area (Å²) >= 11 is 0. The lowest BCUT2D eigenvalue weighted by Gasteiger charge is -2.35. The molecular weight excluding hydrogens is 306 g/mol. The SMILES string of the molecule is C[C@@H](CNC(=O)N1CCC([C@H]2CCCO2)CC1)CN1CCOCC1. The van der Waals surface area contributed by atoms with Crippen LogP contribution in [0.1, 0.15) is 32.6 Å². The van der Waals surface area contributed by atoms with E-state index >= 15 is 0 Å². The third-order valence-corrected chi connectivity index (χ3v) is 5.59. The van der Waals surface area contributed by atoms with Gasteiger partial charge in [0.1, 0.15) is 0 Å². The lowest BCUT2D eigenvalue weighted by Crippen LogP contribution is -2.48. The summed E-state index contributed by atoms with van der Waals surface area (Å²) in [5.41, 5.74) is 0. The van der Waals surface area contributed by atoms with E-state index in [1.165, 1.54) is 12.8 Å². The fourth-order valence-corrected chi connectivity index (χ4v) is 4.11. The van der Waals surface area contributed by atoms with Crippen LogP contribution in [-0.2, 0) is 9.47 Å². The summed E-state index contributed by atoms with van der Waals surface area (Å²) in [5.74, 6) is 1.12. The molecule has 0 aromatic heterocycles. The molecule has 3 rings (SSSR count). The van der Waals surface area contributed by atoms with Gasteiger partial charge in [-0.25, -0.2) is 4.79 Å². The lowest BCUT2D eigenvalue weighted by atomic mass is 9.90. The summed E-state index contributed by atoms with van der Waals surface area (Å²) in [5, 5.41) is 3.12. The molecule has 0 spiro atoms. The van der Waals surface area contributed by atoms with Crippen LogP contribution in [0.15, 0.2) is 0 Å². The molecule has 0 aliphatic carbocycles. The van der Waals surface area contributed by atoms with Gasteiger partial charge < -0.3 is 19.7 Å². The summed E-state index contributed by atoms with van der Waals surface area (Å²) < 4.78 is 11.2. The second-order valence-corrected chi connectivity index (χ2v) is 7.58. The van der Waals surface area contributed by atoms with E-state index in [0.717, 1.165) is 71.9 Å². The predicted octanol–water partition coefficient (Wildman–Crippen LogP) is 1.56. The molecule has 0 aromatic rings. The van der Waals surface area contributed by atoms with Gasteiger partial charge in [0, 0.05) is 45.9 Å². The second kappa shape index (κ2) is 9.02. The summed E-state index contributed by atoms with van der Waals surface area (Å²) in [6, 6.07) is 0.106. The van der Waals surface area contributed by atoms with Gasteiger partial charge in [0.25, 0.3) is 0 Å². The Morgan fingerprint density at radius 3 is 2.54 bits per heavy atom. The van der Waals surface area contributed by atoms with Crippen LogP contribution >= 0.6 is 0 Å². The number of nitrogens with zero attached hydrogens (tertiary/aromatic N) is 2. The number of urea groups is 1. The Labute approximate surface area is 145 Å². The molecule has 6 heteroatoms. The van der Waals surface area contributed by atoms with Crippen LogP contribution in [0.25, 0.3) is 0 Å². The van der Waals surface area contributed by atoms with Crippen molar-refractivity contribution in [3.63, 3.8) is 0 Å². The van der Waals surface area contributed by atoms with Crippen molar-refractivity contribution in [1.29, 1.82) is 0 Å². The van der Waals surface area contributed by atoms with E-state index in [-0.39, 0.29) is 6.03 Å². The van der Waals surface area contributed by atoms with Gasteiger partial charge in [-0.2, -0.15) is 0 Å². The van der Waals surface area contributed by atoms with E-state index in [4.69, 9.17) is 9.47 Å². The maximum atomic E-state index is 12.4. The van der Waals surface area contributed by atoms with Crippen LogP contribution < -0.4 is 5.32 Å². The number of rotatable bonds is 5. The molecule has 24 heavy (non-hydrogen) atoms. The number of piperidine rings is 1. The van der Waals surface area contributed by atoms with Gasteiger partial charge in [-0.05, 0) is 37.5 Å². The standard InChI is InChI=1S/C18H33N3O3/c1-15(14-20-8-11-23-12-9-20)13-19-18(22)21-6-4-16(5-7-21)17-3-2-10-24-17/h15-17H,2-14H2,1H3,(H,19,22)/t15-,17+/m0/s1. The summed E-state index contributed by atoms with van der Waals surface area (Å²) in [7, 11) is 0. The maximum Gasteiger partial charge on any atom is 0.317 e. The van der Waals surface area contributed by atoms with E-state index in [9.17, 15) is 4.79 Å². The van der Waals surface area contributed by atoms with Crippen molar-refractivity contribution in [2.24, 2.45) is 11.8 Å². The Kier molecular flexibility index (Phi) is 6.75. The molecule has 3 heterocycles. The fourth-order valence-electron chi connectivity index (χ4n) is 4.11. The van der Waals surface area contributed by atoms with Crippen LogP contribution in [0.2, 0.25) is 0 Å². The highest BCUT2D eigenvalue weighted by molar-refractivity contribution is 5.74. The zero-order chi connectivity index (χ0) is 16.8. The monoisotopic (exact) mass is 339 g/mol. The van der Waals surface area contributed by atoms with E-state index in [1.54, 1.807) is 0 Å². The largest absolute Gasteiger partial charge is 0.379 e. The van der Waals surface area contributed by atoms with Crippen molar-refractivity contribution in [3.05, 3.63) is 0 Å². The summed E-state index contributed by atoms with van der Waals surface area (Å²) in [4.78, 5) is 16.8. The smallest absolute Gasteiger partial charge is 0.317 e. The highest BCUT2D eigenvalue weighted by Gasteiger charge is 2.30. The Bertz CT molecular complexity index is 387. The number of ether oxygens (including phenoxy) is 2. The first kappa shape index (κ1) is 18.0. The minimum Gasteiger partial charge on any atom is -0.379 e. The number of carbonyl (C=O) groups excluding carboxylic acids is 1. The van der Waals surface area contributed by atoms with Crippen molar-refractivity contribution >= 4 is 6.03 Å². The van der Waals surface area contributed by atoms with Gasteiger partial charge in [-0.1, -0.05) is 6.92 Å². The molecule has 0 saturated carbocycles. The fraction of sp³-hybridized carbons (Fsp3) is 0.944. The first-order valence-corrected chi connectivity index (χ1v) is 9.67. The first-order valence-electron chi connectivity index (χ1n) is 9.67. The van der Waals surface area contributed by atoms with Crippen molar-refractivity contribution in [1.82, 2.24) is 15.1 Å². The van der Waals surface area contributed by atoms with Gasteiger partial charge in [0.2, 0.25) is 0 Å². The number of morpholine rings is 1. The number of carbonyl (C=O) groups is 1. The maximum absolute atomic E-state index is 12.4. The van der Waals surface area contributed by atoms with Crippen molar-refractivity contribution < 1.29 is 14.3 Å². The third-order valence-electron chi connectivity index (χ3n) is 5.59. The van der Waals surface area contributed by atoms with Crippen LogP contribution in [0, 0.1) is 11.8 Å².